The van der Waals surface area contributed by atoms with E-state index in [1.807, 2.05) is 32.1 Å². The Morgan fingerprint density at radius 3 is 2.50 bits per heavy atom. The third-order valence-electron chi connectivity index (χ3n) is 2.00. The van der Waals surface area contributed by atoms with Crippen LogP contribution in [0.15, 0.2) is 18.2 Å². The molecule has 0 nitrogen and oxygen atoms in total. The van der Waals surface area contributed by atoms with Gasteiger partial charge < -0.3 is 0 Å². The molecule has 12 heavy (non-hydrogen) atoms. The molecular weight excluding hydrogens is 168 g/mol. The summed E-state index contributed by atoms with van der Waals surface area (Å²) in [6.07, 6.45) is 4.13. The SMILES string of the molecule is C/C=C\c1c(C)ccc(Cl)c1C. The molecule has 0 aliphatic rings. The van der Waals surface area contributed by atoms with Gasteiger partial charge in [-0.2, -0.15) is 0 Å². The van der Waals surface area contributed by atoms with Crippen LogP contribution in [0.5, 0.6) is 0 Å². The summed E-state index contributed by atoms with van der Waals surface area (Å²) in [6.45, 7) is 6.16. The molecule has 0 bridgehead atoms. The molecule has 0 aromatic heterocycles. The van der Waals surface area contributed by atoms with Crippen LogP contribution in [0, 0.1) is 13.8 Å². The van der Waals surface area contributed by atoms with Crippen LogP contribution in [0.3, 0.4) is 0 Å². The average Bonchev–Trinajstić information content (AvgIpc) is 2.06. The minimum Gasteiger partial charge on any atom is -0.0870 e. The first kappa shape index (κ1) is 9.34. The molecule has 1 rings (SSSR count). The third kappa shape index (κ3) is 1.70. The van der Waals surface area contributed by atoms with E-state index >= 15 is 0 Å². The van der Waals surface area contributed by atoms with E-state index in [9.17, 15) is 0 Å². The van der Waals surface area contributed by atoms with Gasteiger partial charge in [-0.3, -0.25) is 0 Å². The summed E-state index contributed by atoms with van der Waals surface area (Å²) in [6, 6.07) is 3.99. The highest BCUT2D eigenvalue weighted by Crippen LogP contribution is 2.23. The summed E-state index contributed by atoms with van der Waals surface area (Å²) in [5.41, 5.74) is 3.68. The highest BCUT2D eigenvalue weighted by molar-refractivity contribution is 6.31. The van der Waals surface area contributed by atoms with Gasteiger partial charge in [-0.15, -0.1) is 0 Å². The van der Waals surface area contributed by atoms with Crippen molar-refractivity contribution < 1.29 is 0 Å². The Bertz CT molecular complexity index is 311. The van der Waals surface area contributed by atoms with Crippen LogP contribution in [0.1, 0.15) is 23.6 Å². The number of halogens is 1. The summed E-state index contributed by atoms with van der Waals surface area (Å²) < 4.78 is 0. The fourth-order valence-electron chi connectivity index (χ4n) is 1.26. The summed E-state index contributed by atoms with van der Waals surface area (Å²) in [7, 11) is 0. The Morgan fingerprint density at radius 1 is 1.25 bits per heavy atom. The number of rotatable bonds is 1. The predicted molar refractivity (Wildman–Crippen MR) is 55.6 cm³/mol. The van der Waals surface area contributed by atoms with E-state index in [4.69, 9.17) is 11.6 Å². The van der Waals surface area contributed by atoms with Crippen molar-refractivity contribution in [3.63, 3.8) is 0 Å². The molecule has 0 fully saturated rings. The average molecular weight is 181 g/mol. The van der Waals surface area contributed by atoms with Crippen LogP contribution in [0.25, 0.3) is 6.08 Å². The smallest absolute Gasteiger partial charge is 0.0441 e. The number of allylic oxidation sites excluding steroid dienone is 1. The monoisotopic (exact) mass is 180 g/mol. The molecule has 0 N–H and O–H groups in total. The maximum atomic E-state index is 5.99. The van der Waals surface area contributed by atoms with Crippen molar-refractivity contribution >= 4 is 17.7 Å². The Labute approximate surface area is 78.9 Å². The van der Waals surface area contributed by atoms with Crippen molar-refractivity contribution in [2.45, 2.75) is 20.8 Å². The second-order valence-electron chi connectivity index (χ2n) is 2.90. The van der Waals surface area contributed by atoms with Gasteiger partial charge in [-0.25, -0.2) is 0 Å². The standard InChI is InChI=1S/C11H13Cl/c1-4-5-10-8(2)6-7-11(12)9(10)3/h4-7H,1-3H3/b5-4-. The maximum absolute atomic E-state index is 5.99. The first-order chi connectivity index (χ1) is 5.66. The van der Waals surface area contributed by atoms with Crippen LogP contribution in [0.2, 0.25) is 5.02 Å². The van der Waals surface area contributed by atoms with Crippen LogP contribution in [-0.2, 0) is 0 Å². The third-order valence-corrected chi connectivity index (χ3v) is 2.41. The first-order valence-corrected chi connectivity index (χ1v) is 4.43. The van der Waals surface area contributed by atoms with Crippen molar-refractivity contribution in [2.24, 2.45) is 0 Å². The molecule has 0 aliphatic heterocycles. The summed E-state index contributed by atoms with van der Waals surface area (Å²) in [5.74, 6) is 0. The van der Waals surface area contributed by atoms with Crippen molar-refractivity contribution in [3.05, 3.63) is 39.9 Å². The van der Waals surface area contributed by atoms with E-state index in [1.165, 1.54) is 11.1 Å². The number of benzene rings is 1. The van der Waals surface area contributed by atoms with E-state index in [1.54, 1.807) is 0 Å². The Morgan fingerprint density at radius 2 is 1.92 bits per heavy atom. The van der Waals surface area contributed by atoms with Gasteiger partial charge in [0.25, 0.3) is 0 Å². The van der Waals surface area contributed by atoms with Gasteiger partial charge in [-0.05, 0) is 43.5 Å². The molecule has 0 heterocycles. The molecule has 0 saturated carbocycles. The fraction of sp³-hybridized carbons (Fsp3) is 0.273. The summed E-state index contributed by atoms with van der Waals surface area (Å²) >= 11 is 5.99. The molecule has 1 aromatic carbocycles. The molecule has 64 valence electrons. The zero-order valence-corrected chi connectivity index (χ0v) is 8.44. The molecule has 0 aliphatic carbocycles. The molecule has 1 aromatic rings. The molecule has 0 radical (unpaired) electrons. The Hall–Kier alpha value is -0.750. The van der Waals surface area contributed by atoms with Crippen molar-refractivity contribution in [2.75, 3.05) is 0 Å². The van der Waals surface area contributed by atoms with Gasteiger partial charge in [-0.1, -0.05) is 29.8 Å². The van der Waals surface area contributed by atoms with Gasteiger partial charge >= 0.3 is 0 Å². The van der Waals surface area contributed by atoms with E-state index in [0.717, 1.165) is 10.6 Å². The van der Waals surface area contributed by atoms with Crippen molar-refractivity contribution in [1.29, 1.82) is 0 Å². The maximum Gasteiger partial charge on any atom is 0.0441 e. The number of hydrogen-bond donors (Lipinski definition) is 0. The van der Waals surface area contributed by atoms with E-state index in [2.05, 4.69) is 13.0 Å². The van der Waals surface area contributed by atoms with Gasteiger partial charge in [0.1, 0.15) is 0 Å². The van der Waals surface area contributed by atoms with Crippen LogP contribution >= 0.6 is 11.6 Å². The lowest BCUT2D eigenvalue weighted by molar-refractivity contribution is 1.35. The molecule has 0 atom stereocenters. The molecule has 0 saturated heterocycles. The zero-order valence-electron chi connectivity index (χ0n) is 7.69. The van der Waals surface area contributed by atoms with Crippen molar-refractivity contribution in [1.82, 2.24) is 0 Å². The topological polar surface area (TPSA) is 0 Å². The lowest BCUT2D eigenvalue weighted by atomic mass is 10.0. The number of aryl methyl sites for hydroxylation is 1. The normalized spacial score (nSPS) is 11.0. The molecule has 0 unspecified atom stereocenters. The highest BCUT2D eigenvalue weighted by Gasteiger charge is 2.01. The van der Waals surface area contributed by atoms with Crippen LogP contribution < -0.4 is 0 Å². The Balaban J connectivity index is 3.32. The molecular formula is C11H13Cl. The lowest BCUT2D eigenvalue weighted by Crippen LogP contribution is -1.86. The summed E-state index contributed by atoms with van der Waals surface area (Å²) in [4.78, 5) is 0. The minimum atomic E-state index is 0.841. The zero-order chi connectivity index (χ0) is 9.14. The lowest BCUT2D eigenvalue weighted by Gasteiger charge is -2.06. The molecule has 1 heteroatoms. The van der Waals surface area contributed by atoms with Gasteiger partial charge in [0.2, 0.25) is 0 Å². The van der Waals surface area contributed by atoms with Crippen molar-refractivity contribution in [3.8, 4) is 0 Å². The second kappa shape index (κ2) is 3.77. The second-order valence-corrected chi connectivity index (χ2v) is 3.31. The van der Waals surface area contributed by atoms with Gasteiger partial charge in [0, 0.05) is 5.02 Å². The van der Waals surface area contributed by atoms with E-state index < -0.39 is 0 Å². The highest BCUT2D eigenvalue weighted by atomic mass is 35.5. The number of hydrogen-bond acceptors (Lipinski definition) is 0. The van der Waals surface area contributed by atoms with Gasteiger partial charge in [0.05, 0.1) is 0 Å². The van der Waals surface area contributed by atoms with Crippen LogP contribution in [0.4, 0.5) is 0 Å². The van der Waals surface area contributed by atoms with Crippen LogP contribution in [-0.4, -0.2) is 0 Å². The quantitative estimate of drug-likeness (QED) is 0.613. The summed E-state index contributed by atoms with van der Waals surface area (Å²) in [5, 5.41) is 0.841. The molecule has 0 amide bonds. The molecule has 0 spiro atoms. The van der Waals surface area contributed by atoms with Gasteiger partial charge in [0.15, 0.2) is 0 Å². The Kier molecular flexibility index (Phi) is 2.93. The minimum absolute atomic E-state index is 0.841. The first-order valence-electron chi connectivity index (χ1n) is 4.05. The predicted octanol–water partition coefficient (Wildman–Crippen LogP) is 3.99. The largest absolute Gasteiger partial charge is 0.0870 e. The van der Waals surface area contributed by atoms with E-state index in [0.29, 0.717) is 0 Å². The fourth-order valence-corrected chi connectivity index (χ4v) is 1.43. The van der Waals surface area contributed by atoms with E-state index in [-0.39, 0.29) is 0 Å².